The Morgan fingerprint density at radius 3 is 2.05 bits per heavy atom. The van der Waals surface area contributed by atoms with Gasteiger partial charge in [-0.2, -0.15) is 0 Å². The number of carbonyl (C=O) groups excluding carboxylic acids is 3. The Hall–Kier alpha value is -1.59. The third-order valence-electron chi connectivity index (χ3n) is 3.65. The third kappa shape index (κ3) is 5.02. The van der Waals surface area contributed by atoms with Crippen molar-refractivity contribution in [3.05, 3.63) is 0 Å². The van der Waals surface area contributed by atoms with Crippen molar-refractivity contribution < 1.29 is 14.4 Å². The molecule has 0 aromatic heterocycles. The standard InChI is InChI=1S/C15H27N3O3/c1-11(16-14(21)15(3,4)5)13(20)18-8-6-7-17(9-10-18)12(2)19/h11H,6-10H2,1-5H3,(H,16,21). The fourth-order valence-corrected chi connectivity index (χ4v) is 2.20. The maximum atomic E-state index is 12.4. The van der Waals surface area contributed by atoms with Crippen molar-refractivity contribution in [2.45, 2.75) is 47.1 Å². The molecule has 3 amide bonds. The molecule has 0 aliphatic carbocycles. The van der Waals surface area contributed by atoms with Crippen LogP contribution in [0.1, 0.15) is 41.0 Å². The van der Waals surface area contributed by atoms with Gasteiger partial charge < -0.3 is 15.1 Å². The molecule has 1 unspecified atom stereocenters. The Kier molecular flexibility index (Phi) is 5.75. The summed E-state index contributed by atoms with van der Waals surface area (Å²) in [4.78, 5) is 39.2. The zero-order chi connectivity index (χ0) is 16.2. The first-order valence-electron chi connectivity index (χ1n) is 7.48. The quantitative estimate of drug-likeness (QED) is 0.812. The van der Waals surface area contributed by atoms with Crippen LogP contribution >= 0.6 is 0 Å². The van der Waals surface area contributed by atoms with Crippen LogP contribution in [0.25, 0.3) is 0 Å². The molecule has 6 nitrogen and oxygen atoms in total. The van der Waals surface area contributed by atoms with E-state index < -0.39 is 11.5 Å². The summed E-state index contributed by atoms with van der Waals surface area (Å²) in [6, 6.07) is -0.541. The predicted octanol–water partition coefficient (Wildman–Crippen LogP) is 0.618. The maximum Gasteiger partial charge on any atom is 0.244 e. The van der Waals surface area contributed by atoms with Crippen LogP contribution in [0.3, 0.4) is 0 Å². The van der Waals surface area contributed by atoms with E-state index in [9.17, 15) is 14.4 Å². The minimum absolute atomic E-state index is 0.0402. The van der Waals surface area contributed by atoms with E-state index in [-0.39, 0.29) is 17.7 Å². The first kappa shape index (κ1) is 17.5. The number of hydrogen-bond donors (Lipinski definition) is 1. The van der Waals surface area contributed by atoms with Crippen molar-refractivity contribution in [1.29, 1.82) is 0 Å². The number of amides is 3. The zero-order valence-corrected chi connectivity index (χ0v) is 13.7. The highest BCUT2D eigenvalue weighted by Crippen LogP contribution is 2.13. The summed E-state index contributed by atoms with van der Waals surface area (Å²) in [5.41, 5.74) is -0.515. The van der Waals surface area contributed by atoms with Gasteiger partial charge in [-0.3, -0.25) is 14.4 Å². The minimum atomic E-state index is -0.541. The van der Waals surface area contributed by atoms with Crippen LogP contribution in [0, 0.1) is 5.41 Å². The molecule has 1 N–H and O–H groups in total. The summed E-state index contributed by atoms with van der Waals surface area (Å²) in [7, 11) is 0. The molecule has 120 valence electrons. The Morgan fingerprint density at radius 2 is 1.52 bits per heavy atom. The van der Waals surface area contributed by atoms with Crippen molar-refractivity contribution >= 4 is 17.7 Å². The summed E-state index contributed by atoms with van der Waals surface area (Å²) in [5, 5.41) is 2.76. The Bertz CT molecular complexity index is 415. The van der Waals surface area contributed by atoms with Gasteiger partial charge in [0.15, 0.2) is 0 Å². The largest absolute Gasteiger partial charge is 0.344 e. The van der Waals surface area contributed by atoms with Gasteiger partial charge in [-0.15, -0.1) is 0 Å². The normalized spacial score (nSPS) is 18.0. The summed E-state index contributed by atoms with van der Waals surface area (Å²) < 4.78 is 0. The van der Waals surface area contributed by atoms with E-state index in [2.05, 4.69) is 5.32 Å². The van der Waals surface area contributed by atoms with Crippen molar-refractivity contribution in [2.75, 3.05) is 26.2 Å². The molecule has 1 fully saturated rings. The fraction of sp³-hybridized carbons (Fsp3) is 0.800. The van der Waals surface area contributed by atoms with Crippen LogP contribution in [-0.4, -0.2) is 59.7 Å². The average molecular weight is 297 g/mol. The molecule has 1 aliphatic heterocycles. The van der Waals surface area contributed by atoms with E-state index in [0.29, 0.717) is 26.2 Å². The smallest absolute Gasteiger partial charge is 0.244 e. The van der Waals surface area contributed by atoms with Crippen LogP contribution < -0.4 is 5.32 Å². The van der Waals surface area contributed by atoms with E-state index in [1.54, 1.807) is 23.6 Å². The molecule has 0 bridgehead atoms. The number of carbonyl (C=O) groups is 3. The molecule has 6 heteroatoms. The molecule has 0 saturated carbocycles. The lowest BCUT2D eigenvalue weighted by Gasteiger charge is -2.27. The van der Waals surface area contributed by atoms with Gasteiger partial charge in [-0.05, 0) is 13.3 Å². The summed E-state index contributed by atoms with van der Waals surface area (Å²) in [5.74, 6) is -0.181. The lowest BCUT2D eigenvalue weighted by molar-refractivity contribution is -0.138. The van der Waals surface area contributed by atoms with Gasteiger partial charge >= 0.3 is 0 Å². The van der Waals surface area contributed by atoms with E-state index in [0.717, 1.165) is 6.42 Å². The second-order valence-corrected chi connectivity index (χ2v) is 6.63. The molecule has 1 aliphatic rings. The van der Waals surface area contributed by atoms with Gasteiger partial charge in [-0.25, -0.2) is 0 Å². The second kappa shape index (κ2) is 6.91. The maximum absolute atomic E-state index is 12.4. The lowest BCUT2D eigenvalue weighted by atomic mass is 9.95. The topological polar surface area (TPSA) is 69.7 Å². The molecule has 0 aromatic rings. The molecule has 1 rings (SSSR count). The molecule has 1 heterocycles. The molecule has 1 saturated heterocycles. The van der Waals surface area contributed by atoms with Gasteiger partial charge in [0.25, 0.3) is 0 Å². The van der Waals surface area contributed by atoms with Crippen molar-refractivity contribution in [1.82, 2.24) is 15.1 Å². The Morgan fingerprint density at radius 1 is 1.00 bits per heavy atom. The second-order valence-electron chi connectivity index (χ2n) is 6.63. The Balaban J connectivity index is 2.58. The molecule has 0 aromatic carbocycles. The van der Waals surface area contributed by atoms with Crippen molar-refractivity contribution in [2.24, 2.45) is 5.41 Å². The van der Waals surface area contributed by atoms with Gasteiger partial charge in [-0.1, -0.05) is 20.8 Å². The number of hydrogen-bond acceptors (Lipinski definition) is 3. The fourth-order valence-electron chi connectivity index (χ4n) is 2.20. The van der Waals surface area contributed by atoms with Crippen LogP contribution in [-0.2, 0) is 14.4 Å². The van der Waals surface area contributed by atoms with Gasteiger partial charge in [0.05, 0.1) is 0 Å². The van der Waals surface area contributed by atoms with E-state index >= 15 is 0 Å². The number of nitrogens with one attached hydrogen (secondary N) is 1. The van der Waals surface area contributed by atoms with Gasteiger partial charge in [0, 0.05) is 38.5 Å². The highest BCUT2D eigenvalue weighted by Gasteiger charge is 2.28. The van der Waals surface area contributed by atoms with E-state index in [4.69, 9.17) is 0 Å². The van der Waals surface area contributed by atoms with E-state index in [1.807, 2.05) is 20.8 Å². The SMILES string of the molecule is CC(=O)N1CCCN(C(=O)C(C)NC(=O)C(C)(C)C)CC1. The average Bonchev–Trinajstić information content (AvgIpc) is 2.62. The summed E-state index contributed by atoms with van der Waals surface area (Å²) >= 11 is 0. The van der Waals surface area contributed by atoms with Crippen LogP contribution in [0.5, 0.6) is 0 Å². The van der Waals surface area contributed by atoms with Gasteiger partial charge in [0.2, 0.25) is 17.7 Å². The van der Waals surface area contributed by atoms with Crippen LogP contribution in [0.15, 0.2) is 0 Å². The van der Waals surface area contributed by atoms with Crippen LogP contribution in [0.4, 0.5) is 0 Å². The summed E-state index contributed by atoms with van der Waals surface area (Å²) in [6.07, 6.45) is 0.769. The highest BCUT2D eigenvalue weighted by molar-refractivity contribution is 5.89. The molecule has 0 spiro atoms. The highest BCUT2D eigenvalue weighted by atomic mass is 16.2. The molecule has 0 radical (unpaired) electrons. The van der Waals surface area contributed by atoms with Crippen molar-refractivity contribution in [3.63, 3.8) is 0 Å². The molecular weight excluding hydrogens is 270 g/mol. The first-order chi connectivity index (χ1) is 9.62. The third-order valence-corrected chi connectivity index (χ3v) is 3.65. The van der Waals surface area contributed by atoms with E-state index in [1.165, 1.54) is 0 Å². The van der Waals surface area contributed by atoms with Gasteiger partial charge in [0.1, 0.15) is 6.04 Å². The molecule has 21 heavy (non-hydrogen) atoms. The monoisotopic (exact) mass is 297 g/mol. The summed E-state index contributed by atoms with van der Waals surface area (Å²) in [6.45, 7) is 11.1. The zero-order valence-electron chi connectivity index (χ0n) is 13.7. The number of nitrogens with zero attached hydrogens (tertiary/aromatic N) is 2. The van der Waals surface area contributed by atoms with Crippen LogP contribution in [0.2, 0.25) is 0 Å². The molecule has 1 atom stereocenters. The first-order valence-corrected chi connectivity index (χ1v) is 7.48. The number of rotatable bonds is 2. The lowest BCUT2D eigenvalue weighted by Crippen LogP contribution is -2.50. The Labute approximate surface area is 126 Å². The minimum Gasteiger partial charge on any atom is -0.344 e. The molecular formula is C15H27N3O3. The predicted molar refractivity (Wildman–Crippen MR) is 80.5 cm³/mol. The van der Waals surface area contributed by atoms with Crippen molar-refractivity contribution in [3.8, 4) is 0 Å².